The van der Waals surface area contributed by atoms with Gasteiger partial charge in [0.05, 0.1) is 0 Å². The zero-order valence-corrected chi connectivity index (χ0v) is 13.4. The van der Waals surface area contributed by atoms with Crippen LogP contribution in [0.15, 0.2) is 24.3 Å². The number of hydrogen-bond donors (Lipinski definition) is 1. The number of rotatable bonds is 4. The molecule has 4 unspecified atom stereocenters. The van der Waals surface area contributed by atoms with E-state index in [2.05, 4.69) is 36.6 Å². The van der Waals surface area contributed by atoms with Crippen LogP contribution in [0.1, 0.15) is 62.0 Å². The van der Waals surface area contributed by atoms with E-state index < -0.39 is 0 Å². The molecule has 0 radical (unpaired) electrons. The van der Waals surface area contributed by atoms with Gasteiger partial charge in [-0.2, -0.15) is 0 Å². The third-order valence-corrected chi connectivity index (χ3v) is 6.59. The van der Waals surface area contributed by atoms with Crippen molar-refractivity contribution in [1.82, 2.24) is 5.32 Å². The number of aryl methyl sites for hydroxylation is 1. The van der Waals surface area contributed by atoms with Crippen LogP contribution in [-0.2, 0) is 6.42 Å². The van der Waals surface area contributed by atoms with Gasteiger partial charge in [0.1, 0.15) is 0 Å². The Balaban J connectivity index is 1.48. The van der Waals surface area contributed by atoms with Crippen LogP contribution < -0.4 is 5.32 Å². The van der Waals surface area contributed by atoms with Gasteiger partial charge in [-0.25, -0.2) is 0 Å². The second-order valence-electron chi connectivity index (χ2n) is 7.61. The normalized spacial score (nSPS) is 35.7. The molecule has 0 saturated heterocycles. The number of fused-ring (bicyclic) bond motifs is 2. The summed E-state index contributed by atoms with van der Waals surface area (Å²) >= 11 is 0. The van der Waals surface area contributed by atoms with Crippen molar-refractivity contribution >= 4 is 0 Å². The van der Waals surface area contributed by atoms with Crippen molar-refractivity contribution in [2.45, 2.75) is 63.3 Å². The fourth-order valence-corrected chi connectivity index (χ4v) is 5.52. The molecular formula is C20H29N. The fraction of sp³-hybridized carbons (Fsp3) is 0.700. The second kappa shape index (κ2) is 5.76. The third-order valence-electron chi connectivity index (χ3n) is 6.59. The molecule has 0 bridgehead atoms. The molecule has 3 aliphatic rings. The Hall–Kier alpha value is -0.820. The van der Waals surface area contributed by atoms with Gasteiger partial charge >= 0.3 is 0 Å². The van der Waals surface area contributed by atoms with Crippen LogP contribution in [0.3, 0.4) is 0 Å². The van der Waals surface area contributed by atoms with E-state index in [1.165, 1.54) is 51.4 Å². The van der Waals surface area contributed by atoms with Crippen LogP contribution in [-0.4, -0.2) is 13.1 Å². The maximum absolute atomic E-state index is 3.70. The van der Waals surface area contributed by atoms with Gasteiger partial charge in [0.15, 0.2) is 0 Å². The van der Waals surface area contributed by atoms with Gasteiger partial charge in [0.2, 0.25) is 0 Å². The molecule has 1 aromatic rings. The Morgan fingerprint density at radius 1 is 1.05 bits per heavy atom. The number of nitrogens with one attached hydrogen (secondary N) is 1. The molecule has 0 amide bonds. The van der Waals surface area contributed by atoms with Crippen molar-refractivity contribution in [3.8, 4) is 0 Å². The van der Waals surface area contributed by atoms with Crippen molar-refractivity contribution < 1.29 is 0 Å². The molecule has 3 aliphatic carbocycles. The molecule has 1 N–H and O–H groups in total. The van der Waals surface area contributed by atoms with Crippen molar-refractivity contribution in [2.24, 2.45) is 17.8 Å². The lowest BCUT2D eigenvalue weighted by atomic mass is 9.78. The first kappa shape index (κ1) is 13.8. The minimum atomic E-state index is 0.759. The molecule has 2 fully saturated rings. The van der Waals surface area contributed by atoms with Crippen LogP contribution >= 0.6 is 0 Å². The fourth-order valence-electron chi connectivity index (χ4n) is 5.52. The molecule has 114 valence electrons. The third kappa shape index (κ3) is 2.54. The SMILES string of the molecule is CNC(CC1CCCc2ccccc21)C1C2CCCCC21. The zero-order valence-electron chi connectivity index (χ0n) is 13.4. The highest BCUT2D eigenvalue weighted by molar-refractivity contribution is 5.32. The summed E-state index contributed by atoms with van der Waals surface area (Å²) in [6.07, 6.45) is 11.4. The van der Waals surface area contributed by atoms with Gasteiger partial charge in [0.25, 0.3) is 0 Å². The maximum atomic E-state index is 3.70. The summed E-state index contributed by atoms with van der Waals surface area (Å²) in [6, 6.07) is 9.96. The minimum Gasteiger partial charge on any atom is -0.317 e. The number of hydrogen-bond acceptors (Lipinski definition) is 1. The summed E-state index contributed by atoms with van der Waals surface area (Å²) in [7, 11) is 2.20. The van der Waals surface area contributed by atoms with E-state index in [0.717, 1.165) is 29.7 Å². The average Bonchev–Trinajstić information content (AvgIpc) is 3.27. The molecule has 2 saturated carbocycles. The van der Waals surface area contributed by atoms with Gasteiger partial charge in [-0.1, -0.05) is 37.1 Å². The lowest BCUT2D eigenvalue weighted by Crippen LogP contribution is -2.31. The van der Waals surface area contributed by atoms with Crippen LogP contribution in [0.2, 0.25) is 0 Å². The van der Waals surface area contributed by atoms with E-state index in [4.69, 9.17) is 0 Å². The van der Waals surface area contributed by atoms with Gasteiger partial charge in [0, 0.05) is 6.04 Å². The Labute approximate surface area is 129 Å². The Bertz CT molecular complexity index is 482. The molecule has 21 heavy (non-hydrogen) atoms. The van der Waals surface area contributed by atoms with Crippen molar-refractivity contribution in [2.75, 3.05) is 7.05 Å². The van der Waals surface area contributed by atoms with Gasteiger partial charge < -0.3 is 5.32 Å². The highest BCUT2D eigenvalue weighted by Crippen LogP contribution is 2.58. The van der Waals surface area contributed by atoms with E-state index in [1.807, 2.05) is 0 Å². The van der Waals surface area contributed by atoms with Gasteiger partial charge in [-0.3, -0.25) is 0 Å². The van der Waals surface area contributed by atoms with E-state index in [1.54, 1.807) is 11.1 Å². The first-order chi connectivity index (χ1) is 10.4. The van der Waals surface area contributed by atoms with E-state index in [9.17, 15) is 0 Å². The molecule has 0 spiro atoms. The molecule has 0 aromatic heterocycles. The quantitative estimate of drug-likeness (QED) is 0.856. The highest BCUT2D eigenvalue weighted by Gasteiger charge is 2.53. The van der Waals surface area contributed by atoms with Crippen molar-refractivity contribution in [3.63, 3.8) is 0 Å². The summed E-state index contributed by atoms with van der Waals surface area (Å²) in [5, 5.41) is 3.70. The zero-order chi connectivity index (χ0) is 14.2. The predicted molar refractivity (Wildman–Crippen MR) is 88.5 cm³/mol. The monoisotopic (exact) mass is 283 g/mol. The van der Waals surface area contributed by atoms with Crippen molar-refractivity contribution in [3.05, 3.63) is 35.4 Å². The summed E-state index contributed by atoms with van der Waals surface area (Å²) in [6.45, 7) is 0. The average molecular weight is 283 g/mol. The molecule has 4 rings (SSSR count). The Morgan fingerprint density at radius 3 is 2.57 bits per heavy atom. The molecule has 0 aliphatic heterocycles. The van der Waals surface area contributed by atoms with Gasteiger partial charge in [-0.15, -0.1) is 0 Å². The molecule has 1 nitrogen and oxygen atoms in total. The highest BCUT2D eigenvalue weighted by atomic mass is 14.9. The lowest BCUT2D eigenvalue weighted by molar-refractivity contribution is 0.379. The van der Waals surface area contributed by atoms with Crippen LogP contribution in [0.25, 0.3) is 0 Å². The van der Waals surface area contributed by atoms with Crippen LogP contribution in [0, 0.1) is 17.8 Å². The molecular weight excluding hydrogens is 254 g/mol. The molecule has 4 atom stereocenters. The molecule has 0 heterocycles. The maximum Gasteiger partial charge on any atom is 0.0104 e. The standard InChI is InChI=1S/C20H29N/c1-21-19(20-17-11-4-5-12-18(17)20)13-15-9-6-8-14-7-2-3-10-16(14)15/h2-3,7,10,15,17-21H,4-6,8-9,11-13H2,1H3. The topological polar surface area (TPSA) is 12.0 Å². The Kier molecular flexibility index (Phi) is 3.79. The smallest absolute Gasteiger partial charge is 0.0104 e. The molecule has 1 aromatic carbocycles. The second-order valence-corrected chi connectivity index (χ2v) is 7.61. The number of benzene rings is 1. The summed E-state index contributed by atoms with van der Waals surface area (Å²) in [5.41, 5.74) is 3.28. The van der Waals surface area contributed by atoms with Crippen LogP contribution in [0.4, 0.5) is 0 Å². The summed E-state index contributed by atoms with van der Waals surface area (Å²) in [5.74, 6) is 3.92. The van der Waals surface area contributed by atoms with E-state index in [0.29, 0.717) is 0 Å². The summed E-state index contributed by atoms with van der Waals surface area (Å²) in [4.78, 5) is 0. The first-order valence-electron chi connectivity index (χ1n) is 9.13. The minimum absolute atomic E-state index is 0.759. The van der Waals surface area contributed by atoms with Gasteiger partial charge in [-0.05, 0) is 80.4 Å². The summed E-state index contributed by atoms with van der Waals surface area (Å²) < 4.78 is 0. The first-order valence-corrected chi connectivity index (χ1v) is 9.13. The van der Waals surface area contributed by atoms with E-state index in [-0.39, 0.29) is 0 Å². The molecule has 1 heteroatoms. The predicted octanol–water partition coefficient (Wildman–Crippen LogP) is 4.52. The van der Waals surface area contributed by atoms with Crippen LogP contribution in [0.5, 0.6) is 0 Å². The largest absolute Gasteiger partial charge is 0.317 e. The lowest BCUT2D eigenvalue weighted by Gasteiger charge is -2.29. The van der Waals surface area contributed by atoms with Crippen molar-refractivity contribution in [1.29, 1.82) is 0 Å². The van der Waals surface area contributed by atoms with E-state index >= 15 is 0 Å². The Morgan fingerprint density at radius 2 is 1.81 bits per heavy atom.